The first kappa shape index (κ1) is 13.8. The molecule has 1 saturated carbocycles. The van der Waals surface area contributed by atoms with E-state index in [9.17, 15) is 0 Å². The average Bonchev–Trinajstić information content (AvgIpc) is 2.49. The molecule has 3 rings (SSSR count). The second-order valence-corrected chi connectivity index (χ2v) is 6.71. The maximum atomic E-state index is 5.90. The topological polar surface area (TPSA) is 24.5 Å². The molecule has 3 fully saturated rings. The standard InChI is InChI=1S/C16H30N2O/c1-2-6-14(7-3-1)16-13-18(10-9-17-16)12-15-8-4-5-11-19-15/h14-17H,1-13H2. The summed E-state index contributed by atoms with van der Waals surface area (Å²) in [6.45, 7) is 5.80. The molecule has 0 bridgehead atoms. The SMILES string of the molecule is C1CCC(C2CN(CC3CCCCO3)CCN2)CC1. The lowest BCUT2D eigenvalue weighted by Crippen LogP contribution is -2.55. The molecule has 0 radical (unpaired) electrons. The van der Waals surface area contributed by atoms with Crippen LogP contribution in [0.2, 0.25) is 0 Å². The maximum Gasteiger partial charge on any atom is 0.0702 e. The van der Waals surface area contributed by atoms with Crippen molar-refractivity contribution in [3.63, 3.8) is 0 Å². The van der Waals surface area contributed by atoms with Crippen LogP contribution < -0.4 is 5.32 Å². The highest BCUT2D eigenvalue weighted by Crippen LogP contribution is 2.28. The average molecular weight is 266 g/mol. The molecule has 0 aromatic carbocycles. The minimum absolute atomic E-state index is 0.513. The predicted molar refractivity (Wildman–Crippen MR) is 78.4 cm³/mol. The van der Waals surface area contributed by atoms with Crippen molar-refractivity contribution in [2.45, 2.75) is 63.5 Å². The second-order valence-electron chi connectivity index (χ2n) is 6.71. The van der Waals surface area contributed by atoms with Crippen molar-refractivity contribution in [2.24, 2.45) is 5.92 Å². The van der Waals surface area contributed by atoms with Crippen LogP contribution in [0.5, 0.6) is 0 Å². The Morgan fingerprint density at radius 3 is 2.63 bits per heavy atom. The third-order valence-corrected chi connectivity index (χ3v) is 5.24. The number of piperazine rings is 1. The minimum atomic E-state index is 0.513. The minimum Gasteiger partial charge on any atom is -0.377 e. The molecule has 0 spiro atoms. The van der Waals surface area contributed by atoms with Gasteiger partial charge >= 0.3 is 0 Å². The quantitative estimate of drug-likeness (QED) is 0.849. The molecular formula is C16H30N2O. The lowest BCUT2D eigenvalue weighted by atomic mass is 9.83. The fraction of sp³-hybridized carbons (Fsp3) is 1.00. The van der Waals surface area contributed by atoms with E-state index in [0.717, 1.165) is 18.6 Å². The number of nitrogens with zero attached hydrogens (tertiary/aromatic N) is 1. The Kier molecular flexibility index (Phi) is 5.14. The van der Waals surface area contributed by atoms with E-state index in [4.69, 9.17) is 4.74 Å². The van der Waals surface area contributed by atoms with Crippen LogP contribution in [0.3, 0.4) is 0 Å². The van der Waals surface area contributed by atoms with E-state index in [1.54, 1.807) is 0 Å². The summed E-state index contributed by atoms with van der Waals surface area (Å²) in [5, 5.41) is 3.77. The van der Waals surface area contributed by atoms with E-state index in [2.05, 4.69) is 10.2 Å². The molecule has 2 unspecified atom stereocenters. The van der Waals surface area contributed by atoms with E-state index in [0.29, 0.717) is 6.10 Å². The summed E-state index contributed by atoms with van der Waals surface area (Å²) in [6.07, 6.45) is 11.7. The molecule has 3 heteroatoms. The third kappa shape index (κ3) is 3.93. The number of nitrogens with one attached hydrogen (secondary N) is 1. The molecule has 110 valence electrons. The normalized spacial score (nSPS) is 35.4. The highest BCUT2D eigenvalue weighted by atomic mass is 16.5. The Balaban J connectivity index is 1.46. The third-order valence-electron chi connectivity index (χ3n) is 5.24. The van der Waals surface area contributed by atoms with Crippen molar-refractivity contribution in [2.75, 3.05) is 32.8 Å². The van der Waals surface area contributed by atoms with Crippen molar-refractivity contribution in [3.8, 4) is 0 Å². The number of hydrogen-bond acceptors (Lipinski definition) is 3. The first-order valence-electron chi connectivity index (χ1n) is 8.49. The molecule has 0 aromatic heterocycles. The molecular weight excluding hydrogens is 236 g/mol. The fourth-order valence-corrected chi connectivity index (χ4v) is 4.10. The van der Waals surface area contributed by atoms with Gasteiger partial charge in [-0.15, -0.1) is 0 Å². The molecule has 2 atom stereocenters. The Bertz CT molecular complexity index is 259. The van der Waals surface area contributed by atoms with Gasteiger partial charge in [-0.2, -0.15) is 0 Å². The van der Waals surface area contributed by atoms with Crippen molar-refractivity contribution in [1.82, 2.24) is 10.2 Å². The Labute approximate surface area is 118 Å². The van der Waals surface area contributed by atoms with E-state index in [-0.39, 0.29) is 0 Å². The molecule has 2 heterocycles. The Hall–Kier alpha value is -0.120. The number of rotatable bonds is 3. The van der Waals surface area contributed by atoms with Crippen LogP contribution in [0, 0.1) is 5.92 Å². The lowest BCUT2D eigenvalue weighted by molar-refractivity contribution is -0.0126. The summed E-state index contributed by atoms with van der Waals surface area (Å²) in [5.74, 6) is 0.934. The molecule has 0 aromatic rings. The summed E-state index contributed by atoms with van der Waals surface area (Å²) in [4.78, 5) is 2.66. The maximum absolute atomic E-state index is 5.90. The van der Waals surface area contributed by atoms with Crippen LogP contribution in [0.15, 0.2) is 0 Å². The zero-order chi connectivity index (χ0) is 12.9. The van der Waals surface area contributed by atoms with Gasteiger partial charge in [-0.25, -0.2) is 0 Å². The number of hydrogen-bond donors (Lipinski definition) is 1. The monoisotopic (exact) mass is 266 g/mol. The van der Waals surface area contributed by atoms with Crippen molar-refractivity contribution in [3.05, 3.63) is 0 Å². The van der Waals surface area contributed by atoms with Crippen LogP contribution in [-0.4, -0.2) is 49.8 Å². The zero-order valence-electron chi connectivity index (χ0n) is 12.3. The van der Waals surface area contributed by atoms with Gasteiger partial charge in [0.05, 0.1) is 6.10 Å². The fourth-order valence-electron chi connectivity index (χ4n) is 4.10. The van der Waals surface area contributed by atoms with Gasteiger partial charge < -0.3 is 10.1 Å². The van der Waals surface area contributed by atoms with E-state index >= 15 is 0 Å². The molecule has 2 aliphatic heterocycles. The van der Waals surface area contributed by atoms with Gasteiger partial charge in [0.25, 0.3) is 0 Å². The van der Waals surface area contributed by atoms with Gasteiger partial charge in [-0.3, -0.25) is 4.90 Å². The smallest absolute Gasteiger partial charge is 0.0702 e. The summed E-state index contributed by atoms with van der Waals surface area (Å²) >= 11 is 0. The van der Waals surface area contributed by atoms with Gasteiger partial charge in [0, 0.05) is 38.8 Å². The second kappa shape index (κ2) is 7.05. The molecule has 19 heavy (non-hydrogen) atoms. The summed E-state index contributed by atoms with van der Waals surface area (Å²) in [5.41, 5.74) is 0. The zero-order valence-corrected chi connectivity index (χ0v) is 12.3. The van der Waals surface area contributed by atoms with Crippen LogP contribution in [-0.2, 0) is 4.74 Å². The summed E-state index contributed by atoms with van der Waals surface area (Å²) in [6, 6.07) is 0.748. The van der Waals surface area contributed by atoms with Crippen molar-refractivity contribution in [1.29, 1.82) is 0 Å². The molecule has 2 saturated heterocycles. The first-order chi connectivity index (χ1) is 9.42. The van der Waals surface area contributed by atoms with Crippen LogP contribution in [0.1, 0.15) is 51.4 Å². The lowest BCUT2D eigenvalue weighted by Gasteiger charge is -2.40. The Morgan fingerprint density at radius 2 is 1.84 bits per heavy atom. The number of ether oxygens (including phenoxy) is 1. The molecule has 1 N–H and O–H groups in total. The van der Waals surface area contributed by atoms with Crippen LogP contribution >= 0.6 is 0 Å². The van der Waals surface area contributed by atoms with Gasteiger partial charge in [-0.1, -0.05) is 19.3 Å². The summed E-state index contributed by atoms with van der Waals surface area (Å²) < 4.78 is 5.90. The highest BCUT2D eigenvalue weighted by molar-refractivity contribution is 4.86. The molecule has 1 aliphatic carbocycles. The van der Waals surface area contributed by atoms with E-state index in [1.165, 1.54) is 77.5 Å². The molecule has 3 nitrogen and oxygen atoms in total. The summed E-state index contributed by atoms with van der Waals surface area (Å²) in [7, 11) is 0. The largest absolute Gasteiger partial charge is 0.377 e. The van der Waals surface area contributed by atoms with Gasteiger partial charge in [0.15, 0.2) is 0 Å². The Morgan fingerprint density at radius 1 is 1.00 bits per heavy atom. The van der Waals surface area contributed by atoms with Gasteiger partial charge in [0.1, 0.15) is 0 Å². The molecule has 0 amide bonds. The van der Waals surface area contributed by atoms with Crippen molar-refractivity contribution < 1.29 is 4.74 Å². The van der Waals surface area contributed by atoms with E-state index < -0.39 is 0 Å². The van der Waals surface area contributed by atoms with Crippen molar-refractivity contribution >= 4 is 0 Å². The highest BCUT2D eigenvalue weighted by Gasteiger charge is 2.29. The predicted octanol–water partition coefficient (Wildman–Crippen LogP) is 2.41. The molecule has 3 aliphatic rings. The van der Waals surface area contributed by atoms with Crippen LogP contribution in [0.4, 0.5) is 0 Å². The van der Waals surface area contributed by atoms with Crippen LogP contribution in [0.25, 0.3) is 0 Å². The van der Waals surface area contributed by atoms with Gasteiger partial charge in [-0.05, 0) is 38.0 Å². The van der Waals surface area contributed by atoms with Gasteiger partial charge in [0.2, 0.25) is 0 Å². The van der Waals surface area contributed by atoms with E-state index in [1.807, 2.05) is 0 Å². The first-order valence-corrected chi connectivity index (χ1v) is 8.49.